The number of ether oxygens (including phenoxy) is 1. The third-order valence-electron chi connectivity index (χ3n) is 3.45. The van der Waals surface area contributed by atoms with Crippen LogP contribution in [0.25, 0.3) is 10.4 Å². The summed E-state index contributed by atoms with van der Waals surface area (Å²) in [6, 6.07) is 7.62. The van der Waals surface area contributed by atoms with Crippen molar-refractivity contribution in [1.29, 1.82) is 0 Å². The molecule has 0 aromatic heterocycles. The van der Waals surface area contributed by atoms with Crippen LogP contribution < -0.4 is 0 Å². The third kappa shape index (κ3) is 4.36. The van der Waals surface area contributed by atoms with Crippen molar-refractivity contribution < 1.29 is 9.53 Å². The van der Waals surface area contributed by atoms with Crippen LogP contribution in [0.4, 0.5) is 10.5 Å². The molecule has 0 atom stereocenters. The minimum atomic E-state index is -0.467. The van der Waals surface area contributed by atoms with Crippen molar-refractivity contribution in [3.05, 3.63) is 47.3 Å². The first kappa shape index (κ1) is 16.1. The minimum Gasteiger partial charge on any atom is -0.444 e. The number of hydrogen-bond donors (Lipinski definition) is 0. The maximum atomic E-state index is 12.1. The van der Waals surface area contributed by atoms with E-state index in [1.807, 2.05) is 45.0 Å². The Labute approximate surface area is 132 Å². The second-order valence-electron chi connectivity index (χ2n) is 6.42. The van der Waals surface area contributed by atoms with Gasteiger partial charge in [0.2, 0.25) is 0 Å². The zero-order chi connectivity index (χ0) is 16.2. The van der Waals surface area contributed by atoms with Gasteiger partial charge in [-0.2, -0.15) is 0 Å². The summed E-state index contributed by atoms with van der Waals surface area (Å²) in [6.45, 7) is 13.9. The Kier molecular flexibility index (Phi) is 4.87. The number of carbonyl (C=O) groups is 1. The molecule has 1 aliphatic rings. The van der Waals surface area contributed by atoms with E-state index in [1.54, 1.807) is 4.90 Å². The first-order valence-corrected chi connectivity index (χ1v) is 7.54. The molecule has 1 heterocycles. The van der Waals surface area contributed by atoms with Crippen LogP contribution in [0.3, 0.4) is 0 Å². The van der Waals surface area contributed by atoms with E-state index in [-0.39, 0.29) is 6.09 Å². The fraction of sp³-hybridized carbons (Fsp3) is 0.444. The van der Waals surface area contributed by atoms with E-state index in [9.17, 15) is 4.79 Å². The average molecular weight is 298 g/mol. The molecule has 22 heavy (non-hydrogen) atoms. The van der Waals surface area contributed by atoms with E-state index < -0.39 is 5.60 Å². The highest BCUT2D eigenvalue weighted by Crippen LogP contribution is 2.25. The second kappa shape index (κ2) is 6.65. The Morgan fingerprint density at radius 3 is 2.55 bits per heavy atom. The zero-order valence-corrected chi connectivity index (χ0v) is 13.4. The van der Waals surface area contributed by atoms with E-state index in [0.29, 0.717) is 18.8 Å². The maximum Gasteiger partial charge on any atom is 0.410 e. The molecule has 1 amide bonds. The topological polar surface area (TPSA) is 33.9 Å². The molecule has 0 spiro atoms. The monoisotopic (exact) mass is 298 g/mol. The number of benzene rings is 1. The lowest BCUT2D eigenvalue weighted by Gasteiger charge is -2.25. The van der Waals surface area contributed by atoms with Crippen molar-refractivity contribution in [3.63, 3.8) is 0 Å². The lowest BCUT2D eigenvalue weighted by molar-refractivity contribution is 0.0273. The molecule has 2 rings (SSSR count). The Morgan fingerprint density at radius 1 is 1.27 bits per heavy atom. The highest BCUT2D eigenvalue weighted by molar-refractivity contribution is 5.71. The lowest BCUT2D eigenvalue weighted by Crippen LogP contribution is -2.37. The van der Waals surface area contributed by atoms with Gasteiger partial charge in [-0.1, -0.05) is 30.3 Å². The summed E-state index contributed by atoms with van der Waals surface area (Å²) in [7, 11) is 0. The highest BCUT2D eigenvalue weighted by atomic mass is 16.6. The molecule has 0 saturated carbocycles. The Hall–Kier alpha value is -2.28. The number of nitrogens with zero attached hydrogens (tertiary/aromatic N) is 2. The van der Waals surface area contributed by atoms with Gasteiger partial charge in [-0.25, -0.2) is 9.64 Å². The molecule has 0 radical (unpaired) electrons. The number of carbonyl (C=O) groups excluding carboxylic acids is 1. The lowest BCUT2D eigenvalue weighted by atomic mass is 10.0. The van der Waals surface area contributed by atoms with Crippen molar-refractivity contribution in [2.75, 3.05) is 13.1 Å². The molecule has 4 nitrogen and oxygen atoms in total. The summed E-state index contributed by atoms with van der Waals surface area (Å²) < 4.78 is 5.43. The minimum absolute atomic E-state index is 0.256. The quantitative estimate of drug-likeness (QED) is 0.707. The number of allylic oxidation sites excluding steroid dienone is 1. The summed E-state index contributed by atoms with van der Waals surface area (Å²) >= 11 is 0. The standard InChI is InChI=1S/C18H22N2O2/c1-18(2,3)22-17(21)20-12-5-6-14(11-13-20)15-7-9-16(19-4)10-8-15/h7-11H,5-6,12-13H2,1-3H3. The normalized spacial score (nSPS) is 15.5. The summed E-state index contributed by atoms with van der Waals surface area (Å²) in [5, 5.41) is 0. The van der Waals surface area contributed by atoms with Crippen LogP contribution in [0.1, 0.15) is 39.2 Å². The van der Waals surface area contributed by atoms with E-state index in [2.05, 4.69) is 10.9 Å². The van der Waals surface area contributed by atoms with Crippen molar-refractivity contribution in [2.45, 2.75) is 39.2 Å². The molecule has 1 aromatic carbocycles. The number of hydrogen-bond acceptors (Lipinski definition) is 2. The summed E-state index contributed by atoms with van der Waals surface area (Å²) in [4.78, 5) is 17.3. The molecule has 1 aliphatic heterocycles. The van der Waals surface area contributed by atoms with Crippen LogP contribution in [0.15, 0.2) is 30.3 Å². The van der Waals surface area contributed by atoms with Gasteiger partial charge in [0.05, 0.1) is 6.57 Å². The van der Waals surface area contributed by atoms with Crippen LogP contribution in [0, 0.1) is 6.57 Å². The van der Waals surface area contributed by atoms with Gasteiger partial charge in [-0.15, -0.1) is 0 Å². The molecule has 0 saturated heterocycles. The van der Waals surface area contributed by atoms with Gasteiger partial charge >= 0.3 is 6.09 Å². The zero-order valence-electron chi connectivity index (χ0n) is 13.4. The van der Waals surface area contributed by atoms with Crippen LogP contribution in [0.2, 0.25) is 0 Å². The molecule has 1 aromatic rings. The van der Waals surface area contributed by atoms with Crippen molar-refractivity contribution in [3.8, 4) is 0 Å². The fourth-order valence-electron chi connectivity index (χ4n) is 2.38. The largest absolute Gasteiger partial charge is 0.444 e. The Bertz CT molecular complexity index is 603. The van der Waals surface area contributed by atoms with Gasteiger partial charge < -0.3 is 9.64 Å². The first-order chi connectivity index (χ1) is 10.4. The SMILES string of the molecule is [C-]#[N+]c1ccc(C2=CCN(C(=O)OC(C)(C)C)CCC2)cc1. The predicted molar refractivity (Wildman–Crippen MR) is 87.7 cm³/mol. The summed E-state index contributed by atoms with van der Waals surface area (Å²) in [5.74, 6) is 0. The summed E-state index contributed by atoms with van der Waals surface area (Å²) in [6.07, 6.45) is 3.67. The van der Waals surface area contributed by atoms with Crippen molar-refractivity contribution >= 4 is 17.4 Å². The van der Waals surface area contributed by atoms with Gasteiger partial charge in [0.1, 0.15) is 5.60 Å². The molecule has 0 aliphatic carbocycles. The molecule has 116 valence electrons. The van der Waals surface area contributed by atoms with Gasteiger partial charge in [0, 0.05) is 13.1 Å². The van der Waals surface area contributed by atoms with Crippen LogP contribution in [-0.2, 0) is 4.74 Å². The van der Waals surface area contributed by atoms with Crippen LogP contribution >= 0.6 is 0 Å². The fourth-order valence-corrected chi connectivity index (χ4v) is 2.38. The molecule has 0 fully saturated rings. The predicted octanol–water partition coefficient (Wildman–Crippen LogP) is 4.65. The van der Waals surface area contributed by atoms with E-state index in [0.717, 1.165) is 18.4 Å². The van der Waals surface area contributed by atoms with Gasteiger partial charge in [-0.3, -0.25) is 0 Å². The number of rotatable bonds is 1. The summed E-state index contributed by atoms with van der Waals surface area (Å²) in [5.41, 5.74) is 2.53. The van der Waals surface area contributed by atoms with E-state index in [4.69, 9.17) is 11.3 Å². The Morgan fingerprint density at radius 2 is 1.95 bits per heavy atom. The maximum absolute atomic E-state index is 12.1. The second-order valence-corrected chi connectivity index (χ2v) is 6.42. The Balaban J connectivity index is 2.07. The van der Waals surface area contributed by atoms with Crippen LogP contribution in [-0.4, -0.2) is 29.7 Å². The molecule has 0 N–H and O–H groups in total. The molecular formula is C18H22N2O2. The molecular weight excluding hydrogens is 276 g/mol. The molecule has 4 heteroatoms. The van der Waals surface area contributed by atoms with E-state index in [1.165, 1.54) is 5.57 Å². The first-order valence-electron chi connectivity index (χ1n) is 7.54. The van der Waals surface area contributed by atoms with Crippen molar-refractivity contribution in [2.24, 2.45) is 0 Å². The van der Waals surface area contributed by atoms with Crippen LogP contribution in [0.5, 0.6) is 0 Å². The average Bonchev–Trinajstić information content (AvgIpc) is 2.71. The smallest absolute Gasteiger partial charge is 0.410 e. The number of amides is 1. The molecule has 0 bridgehead atoms. The molecule has 0 unspecified atom stereocenters. The van der Waals surface area contributed by atoms with Gasteiger partial charge in [0.25, 0.3) is 0 Å². The van der Waals surface area contributed by atoms with Gasteiger partial charge in [-0.05, 0) is 44.7 Å². The third-order valence-corrected chi connectivity index (χ3v) is 3.45. The van der Waals surface area contributed by atoms with Gasteiger partial charge in [0.15, 0.2) is 5.69 Å². The van der Waals surface area contributed by atoms with E-state index >= 15 is 0 Å². The van der Waals surface area contributed by atoms with Crippen molar-refractivity contribution in [1.82, 2.24) is 4.90 Å². The highest BCUT2D eigenvalue weighted by Gasteiger charge is 2.22.